The van der Waals surface area contributed by atoms with E-state index in [0.717, 1.165) is 12.8 Å². The van der Waals surface area contributed by atoms with E-state index in [2.05, 4.69) is 36.3 Å². The van der Waals surface area contributed by atoms with Gasteiger partial charge in [0.2, 0.25) is 11.8 Å². The molecular weight excluding hydrogens is 494 g/mol. The van der Waals surface area contributed by atoms with Crippen LogP contribution in [0.5, 0.6) is 5.75 Å². The van der Waals surface area contributed by atoms with Crippen LogP contribution in [0.4, 0.5) is 17.2 Å². The van der Waals surface area contributed by atoms with Gasteiger partial charge in [-0.3, -0.25) is 14.4 Å². The zero-order valence-corrected chi connectivity index (χ0v) is 20.8. The minimum absolute atomic E-state index is 0.0459. The fourth-order valence-corrected chi connectivity index (χ4v) is 3.56. The minimum atomic E-state index is -2.76. The van der Waals surface area contributed by atoms with Crippen LogP contribution in [0.25, 0.3) is 11.3 Å². The number of nitrogens with one attached hydrogen (secondary N) is 4. The Morgan fingerprint density at radius 2 is 2.03 bits per heavy atom. The van der Waals surface area contributed by atoms with Crippen molar-refractivity contribution in [3.63, 3.8) is 0 Å². The SMILES string of the molecule is [2H]C([2H])([2H])NC(=O)c1nnc(NC(=O)C2CC2)cc1Nc1cccc(-c2cnn(CCNC(=O)COC)n2)c1OC. The van der Waals surface area contributed by atoms with Crippen LogP contribution in [0.2, 0.25) is 0 Å². The Kier molecular flexibility index (Phi) is 7.19. The number of methoxy groups -OCH3 is 2. The molecule has 1 aliphatic rings. The number of rotatable bonds is 12. The fourth-order valence-electron chi connectivity index (χ4n) is 3.56. The van der Waals surface area contributed by atoms with E-state index in [1.54, 1.807) is 18.2 Å². The molecule has 14 heteroatoms. The highest BCUT2D eigenvalue weighted by Gasteiger charge is 2.30. The lowest BCUT2D eigenvalue weighted by molar-refractivity contribution is -0.124. The summed E-state index contributed by atoms with van der Waals surface area (Å²) in [6, 6.07) is 6.54. The predicted octanol–water partition coefficient (Wildman–Crippen LogP) is 0.958. The summed E-state index contributed by atoms with van der Waals surface area (Å²) in [5.41, 5.74) is 1.20. The van der Waals surface area contributed by atoms with Gasteiger partial charge < -0.3 is 30.7 Å². The summed E-state index contributed by atoms with van der Waals surface area (Å²) in [5, 5.41) is 26.8. The van der Waals surface area contributed by atoms with Crippen LogP contribution in [0.1, 0.15) is 27.4 Å². The molecule has 1 aliphatic carbocycles. The van der Waals surface area contributed by atoms with Gasteiger partial charge >= 0.3 is 0 Å². The van der Waals surface area contributed by atoms with Crippen LogP contribution < -0.4 is 26.0 Å². The standard InChI is InChI=1S/C24H29N9O5/c1-25-24(36)21-17(11-19(30-31-21)29-23(35)14-7-8-14)28-16-6-4-5-15(22(16)38-3)18-12-27-33(32-18)10-9-26-20(34)13-37-2/h4-6,11-12,14H,7-10,13H2,1-3H3,(H,25,36)(H,26,34)(H2,28,29,30,35)/i1D3. The molecule has 0 aliphatic heterocycles. The molecule has 0 bridgehead atoms. The van der Waals surface area contributed by atoms with Crippen molar-refractivity contribution in [3.8, 4) is 17.0 Å². The number of amides is 3. The van der Waals surface area contributed by atoms with Gasteiger partial charge in [0.15, 0.2) is 17.3 Å². The first-order valence-corrected chi connectivity index (χ1v) is 11.7. The van der Waals surface area contributed by atoms with E-state index < -0.39 is 12.9 Å². The van der Waals surface area contributed by atoms with Crippen LogP contribution in [-0.2, 0) is 20.9 Å². The Labute approximate surface area is 222 Å². The second kappa shape index (κ2) is 12.1. The number of hydrogen-bond acceptors (Lipinski definition) is 10. The maximum absolute atomic E-state index is 12.7. The predicted molar refractivity (Wildman–Crippen MR) is 137 cm³/mol. The van der Waals surface area contributed by atoms with Crippen LogP contribution in [0.15, 0.2) is 30.5 Å². The third kappa shape index (κ3) is 6.39. The van der Waals surface area contributed by atoms with E-state index in [4.69, 9.17) is 13.6 Å². The Morgan fingerprint density at radius 1 is 1.18 bits per heavy atom. The molecule has 1 saturated carbocycles. The first-order valence-electron chi connectivity index (χ1n) is 13.2. The van der Waals surface area contributed by atoms with Gasteiger partial charge in [-0.05, 0) is 25.0 Å². The monoisotopic (exact) mass is 526 g/mol. The molecule has 1 aromatic carbocycles. The molecule has 1 fully saturated rings. The topological polar surface area (TPSA) is 174 Å². The van der Waals surface area contributed by atoms with Gasteiger partial charge in [0.05, 0.1) is 31.2 Å². The van der Waals surface area contributed by atoms with Crippen molar-refractivity contribution in [2.24, 2.45) is 5.92 Å². The van der Waals surface area contributed by atoms with Crippen molar-refractivity contribution in [1.29, 1.82) is 0 Å². The molecule has 2 heterocycles. The smallest absolute Gasteiger partial charge is 0.273 e. The molecule has 0 radical (unpaired) electrons. The van der Waals surface area contributed by atoms with Crippen LogP contribution in [0, 0.1) is 5.92 Å². The molecule has 14 nitrogen and oxygen atoms in total. The normalized spacial score (nSPS) is 14.0. The highest BCUT2D eigenvalue weighted by Crippen LogP contribution is 2.37. The summed E-state index contributed by atoms with van der Waals surface area (Å²) >= 11 is 0. The number of nitrogens with zero attached hydrogens (tertiary/aromatic N) is 5. The van der Waals surface area contributed by atoms with Gasteiger partial charge in [0.1, 0.15) is 12.3 Å². The van der Waals surface area contributed by atoms with Crippen molar-refractivity contribution in [2.45, 2.75) is 19.4 Å². The number of hydrogen-bond donors (Lipinski definition) is 4. The summed E-state index contributed by atoms with van der Waals surface area (Å²) in [7, 11) is 2.88. The van der Waals surface area contributed by atoms with Crippen LogP contribution >= 0.6 is 0 Å². The van der Waals surface area contributed by atoms with Crippen molar-refractivity contribution >= 4 is 34.9 Å². The fraction of sp³-hybridized carbons (Fsp3) is 0.375. The molecule has 0 unspecified atom stereocenters. The van der Waals surface area contributed by atoms with Gasteiger partial charge in [0.25, 0.3) is 5.91 Å². The second-order valence-corrected chi connectivity index (χ2v) is 8.33. The van der Waals surface area contributed by atoms with E-state index in [0.29, 0.717) is 35.8 Å². The van der Waals surface area contributed by atoms with Gasteiger partial charge in [-0.1, -0.05) is 6.07 Å². The largest absolute Gasteiger partial charge is 0.494 e. The summed E-state index contributed by atoms with van der Waals surface area (Å²) in [5.74, 6) is -1.13. The molecule has 0 saturated heterocycles. The molecule has 3 amide bonds. The van der Waals surface area contributed by atoms with Crippen LogP contribution in [0.3, 0.4) is 0 Å². The molecule has 3 aromatic rings. The Bertz CT molecular complexity index is 1430. The maximum atomic E-state index is 12.7. The average Bonchev–Trinajstić information content (AvgIpc) is 3.66. The van der Waals surface area contributed by atoms with E-state index in [1.807, 2.05) is 5.32 Å². The Morgan fingerprint density at radius 3 is 2.76 bits per heavy atom. The molecule has 0 spiro atoms. The molecule has 38 heavy (non-hydrogen) atoms. The summed E-state index contributed by atoms with van der Waals surface area (Å²) in [6.07, 6.45) is 3.09. The molecular formula is C24H29N9O5. The lowest BCUT2D eigenvalue weighted by Crippen LogP contribution is -2.30. The molecule has 0 atom stereocenters. The number of carbonyl (C=O) groups is 3. The molecule has 200 valence electrons. The van der Waals surface area contributed by atoms with E-state index in [1.165, 1.54) is 31.3 Å². The number of ether oxygens (including phenoxy) is 2. The Balaban J connectivity index is 1.60. The lowest BCUT2D eigenvalue weighted by atomic mass is 10.1. The van der Waals surface area contributed by atoms with E-state index in [9.17, 15) is 14.4 Å². The van der Waals surface area contributed by atoms with E-state index >= 15 is 0 Å². The summed E-state index contributed by atoms with van der Waals surface area (Å²) in [4.78, 5) is 38.0. The number of carbonyl (C=O) groups excluding carboxylic acids is 3. The van der Waals surface area contributed by atoms with Crippen molar-refractivity contribution in [3.05, 3.63) is 36.2 Å². The lowest BCUT2D eigenvalue weighted by Gasteiger charge is -2.16. The number of benzene rings is 1. The zero-order valence-electron chi connectivity index (χ0n) is 23.8. The zero-order chi connectivity index (χ0) is 29.6. The molecule has 4 rings (SSSR count). The third-order valence-corrected chi connectivity index (χ3v) is 5.53. The number of anilines is 3. The molecule has 2 aromatic heterocycles. The highest BCUT2D eigenvalue weighted by molar-refractivity contribution is 6.00. The van der Waals surface area contributed by atoms with Crippen molar-refractivity contribution in [1.82, 2.24) is 35.8 Å². The number of aromatic nitrogens is 5. The highest BCUT2D eigenvalue weighted by atomic mass is 16.5. The first kappa shape index (κ1) is 22.6. The van der Waals surface area contributed by atoms with E-state index in [-0.39, 0.29) is 41.5 Å². The minimum Gasteiger partial charge on any atom is -0.494 e. The Hall–Kier alpha value is -4.59. The third-order valence-electron chi connectivity index (χ3n) is 5.53. The summed E-state index contributed by atoms with van der Waals surface area (Å²) < 4.78 is 32.6. The van der Waals surface area contributed by atoms with Gasteiger partial charge in [-0.15, -0.1) is 10.2 Å². The summed E-state index contributed by atoms with van der Waals surface area (Å²) in [6.45, 7) is -2.19. The number of para-hydroxylation sites is 1. The quantitative estimate of drug-likeness (QED) is 0.266. The van der Waals surface area contributed by atoms with Gasteiger partial charge in [-0.25, -0.2) is 0 Å². The van der Waals surface area contributed by atoms with Crippen molar-refractivity contribution in [2.75, 3.05) is 45.0 Å². The second-order valence-electron chi connectivity index (χ2n) is 8.33. The van der Waals surface area contributed by atoms with Gasteiger partial charge in [0, 0.05) is 42.3 Å². The first-order chi connectivity index (χ1) is 19.6. The van der Waals surface area contributed by atoms with Crippen molar-refractivity contribution < 1.29 is 28.0 Å². The van der Waals surface area contributed by atoms with Gasteiger partial charge in [-0.2, -0.15) is 15.0 Å². The van der Waals surface area contributed by atoms with Crippen LogP contribution in [-0.4, -0.2) is 77.3 Å². The maximum Gasteiger partial charge on any atom is 0.273 e. The average molecular weight is 527 g/mol. The molecule has 4 N–H and O–H groups in total.